The Balaban J connectivity index is 1.84. The van der Waals surface area contributed by atoms with Gasteiger partial charge in [0.1, 0.15) is 5.60 Å². The van der Waals surface area contributed by atoms with Crippen molar-refractivity contribution >= 4 is 14.1 Å². The number of carbonyl (C=O) groups excluding carboxylic acids is 1. The van der Waals surface area contributed by atoms with E-state index in [-0.39, 0.29) is 39.8 Å². The van der Waals surface area contributed by atoms with E-state index < -0.39 is 19.3 Å². The van der Waals surface area contributed by atoms with Gasteiger partial charge in [-0.3, -0.25) is 4.79 Å². The summed E-state index contributed by atoms with van der Waals surface area (Å²) in [5.74, 6) is 0.200. The van der Waals surface area contributed by atoms with E-state index in [2.05, 4.69) is 67.3 Å². The number of ketones is 1. The molecule has 2 aliphatic carbocycles. The standard InChI is InChI=1S/C24H38O4Si/c1-11-16-21(6)19(25)23(8)18-22(21,7)17(28-16)15(2)12-24(18,13-26-23)14-27-29(9,10)20(3,4)5/h11-12,16-18H,1,13-14H2,2-10H3/t16?,17?,18-,21-,22+,23?,24+/m1/s1. The maximum Gasteiger partial charge on any atom is 0.192 e. The van der Waals surface area contributed by atoms with Gasteiger partial charge >= 0.3 is 0 Å². The molecule has 3 unspecified atom stereocenters. The second-order valence-electron chi connectivity index (χ2n) is 12.0. The van der Waals surface area contributed by atoms with Gasteiger partial charge in [0, 0.05) is 23.4 Å². The van der Waals surface area contributed by atoms with E-state index in [1.165, 1.54) is 5.57 Å². The molecule has 7 atom stereocenters. The average Bonchev–Trinajstić information content (AvgIpc) is 3.08. The highest BCUT2D eigenvalue weighted by atomic mass is 28.4. The van der Waals surface area contributed by atoms with Crippen molar-refractivity contribution in [2.24, 2.45) is 22.2 Å². The molecule has 0 aromatic heterocycles. The summed E-state index contributed by atoms with van der Waals surface area (Å²) in [5, 5.41) is 0.136. The second kappa shape index (κ2) is 5.73. The molecule has 2 aliphatic heterocycles. The number of rotatable bonds is 4. The van der Waals surface area contributed by atoms with Crippen molar-refractivity contribution in [2.75, 3.05) is 13.2 Å². The minimum atomic E-state index is -1.94. The Kier molecular flexibility index (Phi) is 4.24. The Hall–Kier alpha value is -0.753. The van der Waals surface area contributed by atoms with E-state index in [0.29, 0.717) is 13.2 Å². The smallest absolute Gasteiger partial charge is 0.192 e. The van der Waals surface area contributed by atoms with Crippen molar-refractivity contribution < 1.29 is 18.7 Å². The van der Waals surface area contributed by atoms with Crippen LogP contribution in [0.5, 0.6) is 0 Å². The summed E-state index contributed by atoms with van der Waals surface area (Å²) in [6.45, 7) is 25.0. The number of Topliss-reactive ketones (excluding diaryl/α,β-unsaturated/α-hetero) is 1. The Morgan fingerprint density at radius 2 is 1.93 bits per heavy atom. The van der Waals surface area contributed by atoms with Gasteiger partial charge in [0.05, 0.1) is 24.2 Å². The lowest BCUT2D eigenvalue weighted by atomic mass is 9.51. The van der Waals surface area contributed by atoms with E-state index in [0.717, 1.165) is 0 Å². The minimum Gasteiger partial charge on any atom is -0.416 e. The van der Waals surface area contributed by atoms with Gasteiger partial charge in [-0.05, 0) is 44.5 Å². The van der Waals surface area contributed by atoms with Crippen LogP contribution in [0.15, 0.2) is 24.3 Å². The zero-order valence-electron chi connectivity index (χ0n) is 19.6. The number of ether oxygens (including phenoxy) is 2. The molecule has 0 bridgehead atoms. The van der Waals surface area contributed by atoms with Gasteiger partial charge in [-0.15, -0.1) is 6.58 Å². The Morgan fingerprint density at radius 1 is 1.31 bits per heavy atom. The predicted molar refractivity (Wildman–Crippen MR) is 117 cm³/mol. The molecule has 5 heteroatoms. The third-order valence-corrected chi connectivity index (χ3v) is 13.9. The van der Waals surface area contributed by atoms with Gasteiger partial charge in [0.25, 0.3) is 0 Å². The molecule has 0 radical (unpaired) electrons. The zero-order chi connectivity index (χ0) is 21.8. The molecule has 29 heavy (non-hydrogen) atoms. The Bertz CT molecular complexity index is 810. The summed E-state index contributed by atoms with van der Waals surface area (Å²) in [4.78, 5) is 13.9. The fourth-order valence-corrected chi connectivity index (χ4v) is 8.00. The second-order valence-corrected chi connectivity index (χ2v) is 16.8. The van der Waals surface area contributed by atoms with Crippen molar-refractivity contribution in [1.82, 2.24) is 0 Å². The van der Waals surface area contributed by atoms with Crippen LogP contribution in [-0.2, 0) is 18.7 Å². The highest BCUT2D eigenvalue weighted by molar-refractivity contribution is 6.74. The molecule has 0 N–H and O–H groups in total. The Morgan fingerprint density at radius 3 is 2.48 bits per heavy atom. The Labute approximate surface area is 177 Å². The van der Waals surface area contributed by atoms with Crippen LogP contribution in [0.3, 0.4) is 0 Å². The van der Waals surface area contributed by atoms with E-state index in [9.17, 15) is 4.79 Å². The summed E-state index contributed by atoms with van der Waals surface area (Å²) < 4.78 is 19.6. The van der Waals surface area contributed by atoms with Crippen LogP contribution in [0.1, 0.15) is 48.5 Å². The third-order valence-electron chi connectivity index (χ3n) is 9.45. The largest absolute Gasteiger partial charge is 0.416 e. The van der Waals surface area contributed by atoms with Gasteiger partial charge in [0.2, 0.25) is 0 Å². The van der Waals surface area contributed by atoms with Gasteiger partial charge < -0.3 is 13.9 Å². The highest BCUT2D eigenvalue weighted by Gasteiger charge is 2.84. The van der Waals surface area contributed by atoms with Gasteiger partial charge in [-0.1, -0.05) is 39.8 Å². The number of carbonyl (C=O) groups is 1. The lowest BCUT2D eigenvalue weighted by molar-refractivity contribution is -0.145. The lowest BCUT2D eigenvalue weighted by Crippen LogP contribution is -2.55. The quantitative estimate of drug-likeness (QED) is 0.481. The molecule has 3 fully saturated rings. The molecular formula is C24H38O4Si. The summed E-state index contributed by atoms with van der Waals surface area (Å²) in [6, 6.07) is 0. The van der Waals surface area contributed by atoms with Crippen LogP contribution in [0, 0.1) is 22.2 Å². The van der Waals surface area contributed by atoms with Crippen molar-refractivity contribution in [2.45, 2.75) is 84.4 Å². The summed E-state index contributed by atoms with van der Waals surface area (Å²) in [7, 11) is -1.94. The van der Waals surface area contributed by atoms with Crippen molar-refractivity contribution in [3.63, 3.8) is 0 Å². The van der Waals surface area contributed by atoms with Crippen molar-refractivity contribution in [3.8, 4) is 0 Å². The van der Waals surface area contributed by atoms with E-state index >= 15 is 0 Å². The molecule has 0 aromatic carbocycles. The first kappa shape index (κ1) is 21.5. The first-order valence-corrected chi connectivity index (χ1v) is 13.8. The normalized spacial score (nSPS) is 48.7. The van der Waals surface area contributed by atoms with Crippen molar-refractivity contribution in [1.29, 1.82) is 0 Å². The topological polar surface area (TPSA) is 44.8 Å². The van der Waals surface area contributed by atoms with Gasteiger partial charge in [-0.25, -0.2) is 0 Å². The molecule has 4 nitrogen and oxygen atoms in total. The summed E-state index contributed by atoms with van der Waals surface area (Å²) in [6.07, 6.45) is 3.75. The van der Waals surface area contributed by atoms with Crippen molar-refractivity contribution in [3.05, 3.63) is 24.3 Å². The third kappa shape index (κ3) is 2.23. The lowest BCUT2D eigenvalue weighted by Gasteiger charge is -2.51. The van der Waals surface area contributed by atoms with Crippen LogP contribution < -0.4 is 0 Å². The molecule has 0 amide bonds. The van der Waals surface area contributed by atoms with E-state index in [1.54, 1.807) is 0 Å². The summed E-state index contributed by atoms with van der Waals surface area (Å²) >= 11 is 0. The molecule has 162 valence electrons. The van der Waals surface area contributed by atoms with E-state index in [1.807, 2.05) is 13.0 Å². The molecule has 2 saturated heterocycles. The maximum absolute atomic E-state index is 13.9. The highest BCUT2D eigenvalue weighted by Crippen LogP contribution is 2.75. The van der Waals surface area contributed by atoms with Crippen LogP contribution in [0.4, 0.5) is 0 Å². The van der Waals surface area contributed by atoms with Crippen LogP contribution in [-0.4, -0.2) is 45.1 Å². The maximum atomic E-state index is 13.9. The van der Waals surface area contributed by atoms with Gasteiger partial charge in [-0.2, -0.15) is 0 Å². The first-order valence-electron chi connectivity index (χ1n) is 10.9. The molecular weight excluding hydrogens is 380 g/mol. The van der Waals surface area contributed by atoms with Gasteiger partial charge in [0.15, 0.2) is 14.1 Å². The zero-order valence-corrected chi connectivity index (χ0v) is 20.6. The summed E-state index contributed by atoms with van der Waals surface area (Å²) in [5.41, 5.74) is -0.894. The van der Waals surface area contributed by atoms with Crippen LogP contribution >= 0.6 is 0 Å². The molecule has 0 aromatic rings. The van der Waals surface area contributed by atoms with E-state index in [4.69, 9.17) is 13.9 Å². The molecule has 4 aliphatic rings. The molecule has 1 saturated carbocycles. The molecule has 2 heterocycles. The molecule has 0 spiro atoms. The minimum absolute atomic E-state index is 0.0309. The van der Waals surface area contributed by atoms with Crippen LogP contribution in [0.25, 0.3) is 0 Å². The number of hydrogen-bond acceptors (Lipinski definition) is 4. The first-order chi connectivity index (χ1) is 13.1. The average molecular weight is 419 g/mol. The number of hydrogen-bond donors (Lipinski definition) is 0. The predicted octanol–water partition coefficient (Wildman–Crippen LogP) is 4.91. The van der Waals surface area contributed by atoms with Crippen LogP contribution in [0.2, 0.25) is 18.1 Å². The fourth-order valence-electron chi connectivity index (χ4n) is 6.93. The monoisotopic (exact) mass is 418 g/mol. The fraction of sp³-hybridized carbons (Fsp3) is 0.792. The molecule has 4 rings (SSSR count). The SMILES string of the molecule is C=CC1OC2C(C)=C[C@@]3(CO[Si](C)(C)C(C)(C)C)COC4(C)C(=O)[C@]1(C)[C@]2(C)[C@H]43.